The summed E-state index contributed by atoms with van der Waals surface area (Å²) in [7, 11) is 0. The van der Waals surface area contributed by atoms with Crippen LogP contribution in [0.25, 0.3) is 0 Å². The van der Waals surface area contributed by atoms with Crippen molar-refractivity contribution in [3.63, 3.8) is 0 Å². The van der Waals surface area contributed by atoms with Crippen molar-refractivity contribution in [2.75, 3.05) is 11.9 Å². The van der Waals surface area contributed by atoms with Gasteiger partial charge >= 0.3 is 0 Å². The summed E-state index contributed by atoms with van der Waals surface area (Å²) < 4.78 is 5.19. The van der Waals surface area contributed by atoms with Crippen LogP contribution in [0.3, 0.4) is 0 Å². The topological polar surface area (TPSA) is 84.6 Å². The van der Waals surface area contributed by atoms with E-state index >= 15 is 0 Å². The monoisotopic (exact) mass is 264 g/mol. The number of aliphatic hydroxyl groups is 1. The lowest BCUT2D eigenvalue weighted by molar-refractivity contribution is -0.119. The van der Waals surface area contributed by atoms with Gasteiger partial charge in [-0.15, -0.1) is 0 Å². The van der Waals surface area contributed by atoms with Gasteiger partial charge in [-0.1, -0.05) is 0 Å². The Morgan fingerprint density at radius 2 is 1.89 bits per heavy atom. The van der Waals surface area contributed by atoms with Crippen LogP contribution < -0.4 is 15.8 Å². The lowest BCUT2D eigenvalue weighted by atomic mass is 9.93. The molecule has 5 heteroatoms. The number of hydrogen-bond donors (Lipinski definition) is 3. The number of hydrogen-bond acceptors (Lipinski definition) is 4. The summed E-state index contributed by atoms with van der Waals surface area (Å²) in [6.07, 6.45) is 3.56. The number of nitrogens with two attached hydrogens (primary N) is 1. The molecule has 1 aromatic rings. The number of carbonyl (C=O) groups is 1. The minimum Gasteiger partial charge on any atom is -0.484 e. The van der Waals surface area contributed by atoms with Crippen molar-refractivity contribution in [2.24, 2.45) is 5.73 Å². The van der Waals surface area contributed by atoms with Gasteiger partial charge in [0.25, 0.3) is 5.91 Å². The number of primary amides is 1. The van der Waals surface area contributed by atoms with Crippen LogP contribution in [-0.2, 0) is 4.79 Å². The van der Waals surface area contributed by atoms with Gasteiger partial charge < -0.3 is 20.9 Å². The smallest absolute Gasteiger partial charge is 0.255 e. The highest BCUT2D eigenvalue weighted by atomic mass is 16.5. The van der Waals surface area contributed by atoms with E-state index in [2.05, 4.69) is 5.32 Å². The fraction of sp³-hybridized carbons (Fsp3) is 0.500. The van der Waals surface area contributed by atoms with Crippen molar-refractivity contribution in [3.8, 4) is 5.75 Å². The molecular formula is C14H20N2O3. The van der Waals surface area contributed by atoms with Crippen LogP contribution in [0, 0.1) is 0 Å². The molecule has 5 nitrogen and oxygen atoms in total. The Morgan fingerprint density at radius 1 is 1.26 bits per heavy atom. The van der Waals surface area contributed by atoms with Crippen molar-refractivity contribution < 1.29 is 14.6 Å². The second-order valence-electron chi connectivity index (χ2n) is 4.93. The van der Waals surface area contributed by atoms with Gasteiger partial charge in [-0.2, -0.15) is 0 Å². The van der Waals surface area contributed by atoms with Gasteiger partial charge in [0.1, 0.15) is 5.75 Å². The average molecular weight is 264 g/mol. The third-order valence-electron chi connectivity index (χ3n) is 3.30. The Morgan fingerprint density at radius 3 is 2.47 bits per heavy atom. The quantitative estimate of drug-likeness (QED) is 0.747. The Balaban J connectivity index is 1.83. The predicted molar refractivity (Wildman–Crippen MR) is 73.0 cm³/mol. The summed E-state index contributed by atoms with van der Waals surface area (Å²) in [5.41, 5.74) is 6.03. The normalized spacial score (nSPS) is 22.8. The lowest BCUT2D eigenvalue weighted by Gasteiger charge is -2.27. The van der Waals surface area contributed by atoms with Gasteiger partial charge in [-0.3, -0.25) is 4.79 Å². The molecule has 0 heterocycles. The first-order chi connectivity index (χ1) is 9.13. The first-order valence-corrected chi connectivity index (χ1v) is 6.59. The maximum Gasteiger partial charge on any atom is 0.255 e. The molecule has 1 aromatic carbocycles. The van der Waals surface area contributed by atoms with Crippen molar-refractivity contribution in [1.29, 1.82) is 0 Å². The van der Waals surface area contributed by atoms with Crippen molar-refractivity contribution in [1.82, 2.24) is 0 Å². The van der Waals surface area contributed by atoms with Gasteiger partial charge in [-0.25, -0.2) is 0 Å². The van der Waals surface area contributed by atoms with Crippen LogP contribution in [0.1, 0.15) is 25.7 Å². The average Bonchev–Trinajstić information content (AvgIpc) is 2.40. The number of aliphatic hydroxyl groups excluding tert-OH is 1. The maximum absolute atomic E-state index is 10.6. The third-order valence-corrected chi connectivity index (χ3v) is 3.30. The molecule has 0 spiro atoms. The second-order valence-corrected chi connectivity index (χ2v) is 4.93. The van der Waals surface area contributed by atoms with E-state index in [0.717, 1.165) is 31.4 Å². The number of anilines is 1. The highest BCUT2D eigenvalue weighted by Gasteiger charge is 2.18. The summed E-state index contributed by atoms with van der Waals surface area (Å²) in [6, 6.07) is 7.87. The number of carbonyl (C=O) groups excluding carboxylic acids is 1. The summed E-state index contributed by atoms with van der Waals surface area (Å²) in [5, 5.41) is 12.9. The molecule has 4 N–H and O–H groups in total. The third kappa shape index (κ3) is 4.44. The molecule has 0 saturated heterocycles. The minimum atomic E-state index is -0.483. The molecular weight excluding hydrogens is 244 g/mol. The number of ether oxygens (including phenoxy) is 1. The Kier molecular flexibility index (Phi) is 4.63. The molecule has 1 fully saturated rings. The molecule has 0 aliphatic heterocycles. The molecule has 0 unspecified atom stereocenters. The van der Waals surface area contributed by atoms with E-state index in [1.54, 1.807) is 0 Å². The summed E-state index contributed by atoms with van der Waals surface area (Å²) in [6.45, 7) is -0.104. The van der Waals surface area contributed by atoms with Gasteiger partial charge in [0.15, 0.2) is 6.61 Å². The maximum atomic E-state index is 10.6. The minimum absolute atomic E-state index is 0.104. The van der Waals surface area contributed by atoms with E-state index in [1.807, 2.05) is 24.3 Å². The molecule has 104 valence electrons. The first-order valence-electron chi connectivity index (χ1n) is 6.59. The predicted octanol–water partition coefficient (Wildman–Crippen LogP) is 1.27. The van der Waals surface area contributed by atoms with Gasteiger partial charge in [0, 0.05) is 11.7 Å². The van der Waals surface area contributed by atoms with Crippen LogP contribution >= 0.6 is 0 Å². The zero-order valence-electron chi connectivity index (χ0n) is 10.8. The van der Waals surface area contributed by atoms with Crippen molar-refractivity contribution in [2.45, 2.75) is 37.8 Å². The number of benzene rings is 1. The Labute approximate surface area is 112 Å². The molecule has 1 aliphatic carbocycles. The summed E-state index contributed by atoms with van der Waals surface area (Å²) >= 11 is 0. The van der Waals surface area contributed by atoms with Crippen LogP contribution in [-0.4, -0.2) is 29.8 Å². The van der Waals surface area contributed by atoms with Crippen LogP contribution in [0.15, 0.2) is 24.3 Å². The molecule has 0 atom stereocenters. The summed E-state index contributed by atoms with van der Waals surface area (Å²) in [5.74, 6) is 0.145. The van der Waals surface area contributed by atoms with E-state index in [1.165, 1.54) is 0 Å². The number of nitrogens with one attached hydrogen (secondary N) is 1. The molecule has 0 bridgehead atoms. The van der Waals surface area contributed by atoms with E-state index in [0.29, 0.717) is 11.8 Å². The van der Waals surface area contributed by atoms with E-state index in [9.17, 15) is 9.90 Å². The van der Waals surface area contributed by atoms with Gasteiger partial charge in [0.05, 0.1) is 6.10 Å². The zero-order chi connectivity index (χ0) is 13.7. The van der Waals surface area contributed by atoms with Crippen LogP contribution in [0.5, 0.6) is 5.75 Å². The van der Waals surface area contributed by atoms with E-state index in [-0.39, 0.29) is 12.7 Å². The highest BCUT2D eigenvalue weighted by Crippen LogP contribution is 2.23. The fourth-order valence-electron chi connectivity index (χ4n) is 2.26. The first kappa shape index (κ1) is 13.7. The molecule has 1 saturated carbocycles. The van der Waals surface area contributed by atoms with Gasteiger partial charge in [-0.05, 0) is 49.9 Å². The fourth-order valence-corrected chi connectivity index (χ4v) is 2.26. The Bertz CT molecular complexity index is 411. The van der Waals surface area contributed by atoms with Crippen LogP contribution in [0.4, 0.5) is 5.69 Å². The van der Waals surface area contributed by atoms with Crippen molar-refractivity contribution >= 4 is 11.6 Å². The van der Waals surface area contributed by atoms with Gasteiger partial charge in [0.2, 0.25) is 0 Å². The van der Waals surface area contributed by atoms with Crippen LogP contribution in [0.2, 0.25) is 0 Å². The van der Waals surface area contributed by atoms with E-state index in [4.69, 9.17) is 10.5 Å². The van der Waals surface area contributed by atoms with E-state index < -0.39 is 5.91 Å². The largest absolute Gasteiger partial charge is 0.484 e. The highest BCUT2D eigenvalue weighted by molar-refractivity contribution is 5.75. The number of amides is 1. The second kappa shape index (κ2) is 6.43. The molecule has 0 aromatic heterocycles. The number of rotatable bonds is 5. The SMILES string of the molecule is NC(=O)COc1ccc(NC2CCC(O)CC2)cc1. The molecule has 2 rings (SSSR count). The molecule has 1 amide bonds. The standard InChI is InChI=1S/C14H20N2O3/c15-14(18)9-19-13-7-3-11(4-8-13)16-10-1-5-12(17)6-2-10/h3-4,7-8,10,12,16-17H,1-2,5-6,9H2,(H2,15,18). The van der Waals surface area contributed by atoms with Crippen molar-refractivity contribution in [3.05, 3.63) is 24.3 Å². The summed E-state index contributed by atoms with van der Waals surface area (Å²) in [4.78, 5) is 10.6. The Hall–Kier alpha value is -1.75. The lowest BCUT2D eigenvalue weighted by Crippen LogP contribution is -2.28. The molecule has 0 radical (unpaired) electrons. The molecule has 19 heavy (non-hydrogen) atoms. The zero-order valence-corrected chi connectivity index (χ0v) is 10.8. The molecule has 1 aliphatic rings.